The van der Waals surface area contributed by atoms with Crippen LogP contribution in [0.3, 0.4) is 0 Å². The van der Waals surface area contributed by atoms with Gasteiger partial charge in [0.25, 0.3) is 0 Å². The highest BCUT2D eigenvalue weighted by Crippen LogP contribution is 2.21. The van der Waals surface area contributed by atoms with Gasteiger partial charge in [-0.1, -0.05) is 60.7 Å². The molecule has 1 atom stereocenters. The molecule has 0 fully saturated rings. The van der Waals surface area contributed by atoms with E-state index in [4.69, 9.17) is 4.74 Å². The third kappa shape index (κ3) is 9.75. The van der Waals surface area contributed by atoms with Crippen LogP contribution in [0.5, 0.6) is 5.75 Å². The van der Waals surface area contributed by atoms with E-state index in [1.165, 1.54) is 12.7 Å². The van der Waals surface area contributed by atoms with Crippen LogP contribution in [-0.4, -0.2) is 30.9 Å². The van der Waals surface area contributed by atoms with E-state index < -0.39 is 6.10 Å². The Morgan fingerprint density at radius 3 is 2.53 bits per heavy atom. The maximum absolute atomic E-state index is 11.1. The van der Waals surface area contributed by atoms with Crippen LogP contribution < -0.4 is 4.74 Å². The van der Waals surface area contributed by atoms with Gasteiger partial charge < -0.3 is 14.6 Å². The lowest BCUT2D eigenvalue weighted by Crippen LogP contribution is -2.04. The predicted octanol–water partition coefficient (Wildman–Crippen LogP) is 5.59. The van der Waals surface area contributed by atoms with Gasteiger partial charge in [-0.2, -0.15) is 0 Å². The summed E-state index contributed by atoms with van der Waals surface area (Å²) in [6, 6.07) is 18.5. The van der Waals surface area contributed by atoms with E-state index >= 15 is 0 Å². The van der Waals surface area contributed by atoms with Gasteiger partial charge in [-0.25, -0.2) is 0 Å². The maximum atomic E-state index is 11.1. The monoisotopic (exact) mass is 410 g/mol. The summed E-state index contributed by atoms with van der Waals surface area (Å²) in [4.78, 5) is 11.1. The standard InChI is InChI=1S/C26H34O4/c1-29-26(28)18-10-8-16-24(27)20-19-23-15-7-9-17-25(23)30-21-11-3-6-14-22-12-4-2-5-13-22/h2,4-5,7,9,12-13,15,17,19-20,24,27H,3,6,8,10-11,14,16,18,21H2,1H3. The third-order valence-electron chi connectivity index (χ3n) is 4.99. The number of methoxy groups -OCH3 is 1. The number of hydrogen-bond acceptors (Lipinski definition) is 4. The number of para-hydroxylation sites is 1. The average Bonchev–Trinajstić information content (AvgIpc) is 2.78. The molecule has 0 aliphatic carbocycles. The maximum Gasteiger partial charge on any atom is 0.305 e. The van der Waals surface area contributed by atoms with Gasteiger partial charge in [-0.05, 0) is 56.6 Å². The highest BCUT2D eigenvalue weighted by atomic mass is 16.5. The number of carbonyl (C=O) groups excluding carboxylic acids is 1. The Labute approximate surface area is 180 Å². The molecule has 0 aromatic heterocycles. The van der Waals surface area contributed by atoms with Gasteiger partial charge in [-0.15, -0.1) is 0 Å². The molecule has 4 heteroatoms. The molecule has 0 bridgehead atoms. The molecule has 0 heterocycles. The van der Waals surface area contributed by atoms with Crippen LogP contribution in [0.2, 0.25) is 0 Å². The molecule has 2 rings (SSSR count). The second kappa shape index (κ2) is 14.4. The minimum atomic E-state index is -0.534. The number of aliphatic hydroxyl groups is 1. The predicted molar refractivity (Wildman–Crippen MR) is 121 cm³/mol. The second-order valence-electron chi connectivity index (χ2n) is 7.43. The number of unbranched alkanes of at least 4 members (excludes halogenated alkanes) is 3. The van der Waals surface area contributed by atoms with Gasteiger partial charge in [0, 0.05) is 12.0 Å². The number of carbonyl (C=O) groups is 1. The summed E-state index contributed by atoms with van der Waals surface area (Å²) >= 11 is 0. The summed E-state index contributed by atoms with van der Waals surface area (Å²) in [7, 11) is 1.39. The van der Waals surface area contributed by atoms with E-state index in [9.17, 15) is 9.90 Å². The summed E-state index contributed by atoms with van der Waals surface area (Å²) in [5.41, 5.74) is 2.35. The fourth-order valence-corrected chi connectivity index (χ4v) is 3.22. The lowest BCUT2D eigenvalue weighted by molar-refractivity contribution is -0.140. The van der Waals surface area contributed by atoms with Gasteiger partial charge in [-0.3, -0.25) is 4.79 Å². The van der Waals surface area contributed by atoms with Crippen molar-refractivity contribution in [2.24, 2.45) is 0 Å². The minimum absolute atomic E-state index is 0.203. The number of rotatable bonds is 14. The third-order valence-corrected chi connectivity index (χ3v) is 4.99. The number of benzene rings is 2. The second-order valence-corrected chi connectivity index (χ2v) is 7.43. The van der Waals surface area contributed by atoms with E-state index in [1.807, 2.05) is 36.4 Å². The molecule has 0 radical (unpaired) electrons. The highest BCUT2D eigenvalue weighted by molar-refractivity contribution is 5.69. The highest BCUT2D eigenvalue weighted by Gasteiger charge is 2.04. The van der Waals surface area contributed by atoms with Crippen LogP contribution in [0.15, 0.2) is 60.7 Å². The largest absolute Gasteiger partial charge is 0.493 e. The van der Waals surface area contributed by atoms with Gasteiger partial charge in [0.1, 0.15) is 5.75 Å². The molecule has 0 aliphatic heterocycles. The first kappa shape index (κ1) is 23.7. The Balaban J connectivity index is 1.67. The Kier molecular flexibility index (Phi) is 11.4. The normalized spacial score (nSPS) is 12.1. The van der Waals surface area contributed by atoms with Gasteiger partial charge in [0.2, 0.25) is 0 Å². The zero-order valence-electron chi connectivity index (χ0n) is 18.0. The number of esters is 1. The van der Waals surface area contributed by atoms with Gasteiger partial charge in [0.15, 0.2) is 0 Å². The quantitative estimate of drug-likeness (QED) is 0.326. The van der Waals surface area contributed by atoms with Gasteiger partial charge >= 0.3 is 5.97 Å². The number of ether oxygens (including phenoxy) is 2. The number of hydrogen-bond donors (Lipinski definition) is 1. The van der Waals surface area contributed by atoms with Crippen molar-refractivity contribution in [2.75, 3.05) is 13.7 Å². The zero-order chi connectivity index (χ0) is 21.4. The Hall–Kier alpha value is -2.59. The summed E-state index contributed by atoms with van der Waals surface area (Å²) in [5, 5.41) is 10.1. The van der Waals surface area contributed by atoms with E-state index in [1.54, 1.807) is 6.08 Å². The molecule has 1 N–H and O–H groups in total. The van der Waals surface area contributed by atoms with Crippen molar-refractivity contribution >= 4 is 12.0 Å². The number of aliphatic hydroxyl groups excluding tert-OH is 1. The lowest BCUT2D eigenvalue weighted by atomic mass is 10.1. The Morgan fingerprint density at radius 1 is 0.967 bits per heavy atom. The molecule has 0 aliphatic rings. The van der Waals surface area contributed by atoms with Crippen molar-refractivity contribution < 1.29 is 19.4 Å². The van der Waals surface area contributed by atoms with Crippen molar-refractivity contribution in [1.29, 1.82) is 0 Å². The summed E-state index contributed by atoms with van der Waals surface area (Å²) in [6.45, 7) is 0.690. The molecule has 2 aromatic carbocycles. The molecular weight excluding hydrogens is 376 g/mol. The fraction of sp³-hybridized carbons (Fsp3) is 0.423. The van der Waals surface area contributed by atoms with Gasteiger partial charge in [0.05, 0.1) is 19.8 Å². The van der Waals surface area contributed by atoms with E-state index in [2.05, 4.69) is 29.0 Å². The average molecular weight is 411 g/mol. The molecule has 2 aromatic rings. The smallest absolute Gasteiger partial charge is 0.305 e. The lowest BCUT2D eigenvalue weighted by Gasteiger charge is -2.10. The molecule has 0 amide bonds. The van der Waals surface area contributed by atoms with Crippen molar-refractivity contribution in [1.82, 2.24) is 0 Å². The Morgan fingerprint density at radius 2 is 1.73 bits per heavy atom. The Bertz CT molecular complexity index is 755. The van der Waals surface area contributed by atoms with E-state index in [0.29, 0.717) is 19.4 Å². The molecule has 0 saturated heterocycles. The summed E-state index contributed by atoms with van der Waals surface area (Å²) < 4.78 is 10.6. The SMILES string of the molecule is COC(=O)CCCCC(O)C=Cc1ccccc1OCCCCCc1ccccc1. The molecule has 162 valence electrons. The molecule has 30 heavy (non-hydrogen) atoms. The zero-order valence-corrected chi connectivity index (χ0v) is 18.0. The van der Waals surface area contributed by atoms with Crippen molar-refractivity contribution in [3.05, 3.63) is 71.8 Å². The van der Waals surface area contributed by atoms with E-state index in [-0.39, 0.29) is 5.97 Å². The van der Waals surface area contributed by atoms with Crippen LogP contribution in [0, 0.1) is 0 Å². The van der Waals surface area contributed by atoms with Crippen LogP contribution >= 0.6 is 0 Å². The first-order valence-corrected chi connectivity index (χ1v) is 10.9. The first-order chi connectivity index (χ1) is 14.7. The summed E-state index contributed by atoms with van der Waals surface area (Å²) in [6.07, 6.45) is 10.1. The van der Waals surface area contributed by atoms with Crippen molar-refractivity contribution in [2.45, 2.75) is 57.5 Å². The molecule has 0 saturated carbocycles. The van der Waals surface area contributed by atoms with Crippen LogP contribution in [0.1, 0.15) is 56.1 Å². The van der Waals surface area contributed by atoms with Crippen LogP contribution in [0.4, 0.5) is 0 Å². The van der Waals surface area contributed by atoms with Crippen molar-refractivity contribution in [3.63, 3.8) is 0 Å². The van der Waals surface area contributed by atoms with Crippen LogP contribution in [0.25, 0.3) is 6.08 Å². The number of aryl methyl sites for hydroxylation is 1. The minimum Gasteiger partial charge on any atom is -0.493 e. The molecular formula is C26H34O4. The summed E-state index contributed by atoms with van der Waals surface area (Å²) in [5.74, 6) is 0.640. The molecule has 4 nitrogen and oxygen atoms in total. The molecule has 1 unspecified atom stereocenters. The van der Waals surface area contributed by atoms with Crippen molar-refractivity contribution in [3.8, 4) is 5.75 Å². The fourth-order valence-electron chi connectivity index (χ4n) is 3.22. The molecule has 0 spiro atoms. The van der Waals surface area contributed by atoms with Crippen LogP contribution in [-0.2, 0) is 16.0 Å². The van der Waals surface area contributed by atoms with E-state index in [0.717, 1.165) is 49.8 Å². The first-order valence-electron chi connectivity index (χ1n) is 10.9. The topological polar surface area (TPSA) is 55.8 Å².